The van der Waals surface area contributed by atoms with Gasteiger partial charge in [0.05, 0.1) is 24.5 Å². The van der Waals surface area contributed by atoms with Crippen molar-refractivity contribution in [1.82, 2.24) is 5.32 Å². The number of ether oxygens (including phenoxy) is 2. The summed E-state index contributed by atoms with van der Waals surface area (Å²) in [5.41, 5.74) is 2.15. The van der Waals surface area contributed by atoms with Crippen molar-refractivity contribution in [3.63, 3.8) is 0 Å². The summed E-state index contributed by atoms with van der Waals surface area (Å²) >= 11 is 1.34. The predicted molar refractivity (Wildman–Crippen MR) is 183 cm³/mol. The molecule has 0 saturated carbocycles. The number of thioether (sulfide) groups is 1. The normalized spacial score (nSPS) is 11.6. The van der Waals surface area contributed by atoms with E-state index in [0.717, 1.165) is 4.90 Å². The predicted octanol–water partition coefficient (Wildman–Crippen LogP) is 6.50. The average Bonchev–Trinajstić information content (AvgIpc) is 3.08. The zero-order valence-electron chi connectivity index (χ0n) is 26.1. The van der Waals surface area contributed by atoms with Crippen LogP contribution in [0.5, 0.6) is 11.5 Å². The number of phenols is 1. The van der Waals surface area contributed by atoms with Crippen LogP contribution < -0.4 is 20.7 Å². The first kappa shape index (κ1) is 34.3. The topological polar surface area (TPSA) is 143 Å². The molecule has 4 rings (SSSR count). The van der Waals surface area contributed by atoms with E-state index in [2.05, 4.69) is 16.0 Å². The molecule has 0 aromatic heterocycles. The van der Waals surface area contributed by atoms with Gasteiger partial charge in [0.1, 0.15) is 17.2 Å². The maximum Gasteiger partial charge on any atom is 0.338 e. The molecule has 0 radical (unpaired) electrons. The number of carbonyl (C=O) groups excluding carboxylic acids is 4. The minimum absolute atomic E-state index is 0.0152. The molecule has 0 aliphatic carbocycles. The summed E-state index contributed by atoms with van der Waals surface area (Å²) in [6.07, 6.45) is 1.99. The Kier molecular flexibility index (Phi) is 12.2. The third-order valence-corrected chi connectivity index (χ3v) is 8.10. The van der Waals surface area contributed by atoms with Gasteiger partial charge >= 0.3 is 5.97 Å². The number of hydrogen-bond donors (Lipinski definition) is 4. The van der Waals surface area contributed by atoms with E-state index in [9.17, 15) is 24.3 Å². The Morgan fingerprint density at radius 3 is 2.26 bits per heavy atom. The smallest absolute Gasteiger partial charge is 0.338 e. The van der Waals surface area contributed by atoms with Crippen molar-refractivity contribution in [2.75, 3.05) is 24.4 Å². The lowest BCUT2D eigenvalue weighted by molar-refractivity contribution is -0.116. The first-order valence-electron chi connectivity index (χ1n) is 14.8. The number of methoxy groups -OCH3 is 1. The molecule has 11 heteroatoms. The molecule has 47 heavy (non-hydrogen) atoms. The number of phenolic OH excluding ortho intramolecular Hbond substituents is 1. The van der Waals surface area contributed by atoms with E-state index in [1.54, 1.807) is 85.8 Å². The number of anilines is 2. The fourth-order valence-corrected chi connectivity index (χ4v) is 5.39. The van der Waals surface area contributed by atoms with Crippen molar-refractivity contribution < 1.29 is 33.8 Å². The lowest BCUT2D eigenvalue weighted by Crippen LogP contribution is -2.30. The highest BCUT2D eigenvalue weighted by Gasteiger charge is 2.20. The molecular weight excluding hydrogens is 618 g/mol. The standard InChI is InChI=1S/C36H35N3O7S/c1-4-32(35(43)37-26-17-14-24(15-18-26)36(44)46-5-2)47-29-13-9-12-27(21-29)38-34(42)30(39-33(41)23-10-7-6-8-11-23)20-25-16-19-28(40)22-31(25)45-3/h6-22,32,40H,4-5H2,1-3H3,(H,37,43)(H,38,42)(H,39,41)/b30-20+. The van der Waals surface area contributed by atoms with Crippen molar-refractivity contribution in [2.24, 2.45) is 0 Å². The highest BCUT2D eigenvalue weighted by atomic mass is 32.2. The summed E-state index contributed by atoms with van der Waals surface area (Å²) in [7, 11) is 1.43. The molecule has 0 fully saturated rings. The van der Waals surface area contributed by atoms with E-state index < -0.39 is 23.0 Å². The zero-order chi connectivity index (χ0) is 33.8. The van der Waals surface area contributed by atoms with Crippen LogP contribution in [-0.2, 0) is 14.3 Å². The molecule has 0 spiro atoms. The number of aromatic hydroxyl groups is 1. The van der Waals surface area contributed by atoms with Gasteiger partial charge in [-0.1, -0.05) is 31.2 Å². The minimum atomic E-state index is -0.595. The highest BCUT2D eigenvalue weighted by Crippen LogP contribution is 2.29. The number of hydrogen-bond acceptors (Lipinski definition) is 8. The van der Waals surface area contributed by atoms with E-state index in [4.69, 9.17) is 9.47 Å². The van der Waals surface area contributed by atoms with Crippen LogP contribution in [0.15, 0.2) is 108 Å². The van der Waals surface area contributed by atoms with Crippen molar-refractivity contribution in [3.8, 4) is 11.5 Å². The van der Waals surface area contributed by atoms with Crippen LogP contribution in [0.2, 0.25) is 0 Å². The van der Waals surface area contributed by atoms with Gasteiger partial charge in [0.15, 0.2) is 0 Å². The van der Waals surface area contributed by atoms with Gasteiger partial charge in [-0.2, -0.15) is 0 Å². The lowest BCUT2D eigenvalue weighted by Gasteiger charge is -2.16. The highest BCUT2D eigenvalue weighted by molar-refractivity contribution is 8.00. The Morgan fingerprint density at radius 1 is 0.830 bits per heavy atom. The van der Waals surface area contributed by atoms with Crippen LogP contribution in [0.3, 0.4) is 0 Å². The second kappa shape index (κ2) is 16.7. The van der Waals surface area contributed by atoms with E-state index in [1.807, 2.05) is 13.0 Å². The number of esters is 1. The van der Waals surface area contributed by atoms with Gasteiger partial charge in [0, 0.05) is 33.5 Å². The monoisotopic (exact) mass is 653 g/mol. The average molecular weight is 654 g/mol. The molecule has 1 atom stereocenters. The summed E-state index contributed by atoms with van der Waals surface area (Å²) in [4.78, 5) is 52.4. The Balaban J connectivity index is 1.49. The molecule has 4 aromatic carbocycles. The first-order chi connectivity index (χ1) is 22.7. The summed E-state index contributed by atoms with van der Waals surface area (Å²) < 4.78 is 10.4. The van der Waals surface area contributed by atoms with Gasteiger partial charge in [0.25, 0.3) is 11.8 Å². The lowest BCUT2D eigenvalue weighted by atomic mass is 10.1. The number of nitrogens with one attached hydrogen (secondary N) is 3. The van der Waals surface area contributed by atoms with Crippen LogP contribution in [0, 0.1) is 0 Å². The van der Waals surface area contributed by atoms with Gasteiger partial charge < -0.3 is 30.5 Å². The second-order valence-electron chi connectivity index (χ2n) is 10.1. The van der Waals surface area contributed by atoms with Gasteiger partial charge in [-0.05, 0) is 86.2 Å². The Hall–Kier alpha value is -5.55. The zero-order valence-corrected chi connectivity index (χ0v) is 26.9. The number of carbonyl (C=O) groups is 4. The van der Waals surface area contributed by atoms with Gasteiger partial charge in [-0.25, -0.2) is 4.79 Å². The summed E-state index contributed by atoms with van der Waals surface area (Å²) in [5.74, 6) is -1.43. The first-order valence-corrected chi connectivity index (χ1v) is 15.7. The molecule has 10 nitrogen and oxygen atoms in total. The Morgan fingerprint density at radius 2 is 1.57 bits per heavy atom. The fourth-order valence-electron chi connectivity index (χ4n) is 4.38. The third-order valence-electron chi connectivity index (χ3n) is 6.74. The molecular formula is C36H35N3O7S. The van der Waals surface area contributed by atoms with Crippen molar-refractivity contribution >= 4 is 52.9 Å². The molecule has 0 bridgehead atoms. The van der Waals surface area contributed by atoms with Crippen LogP contribution in [0.25, 0.3) is 6.08 Å². The Bertz CT molecular complexity index is 1760. The van der Waals surface area contributed by atoms with Crippen LogP contribution >= 0.6 is 11.8 Å². The molecule has 4 N–H and O–H groups in total. The van der Waals surface area contributed by atoms with Crippen molar-refractivity contribution in [1.29, 1.82) is 0 Å². The molecule has 242 valence electrons. The molecule has 4 aromatic rings. The number of benzene rings is 4. The van der Waals surface area contributed by atoms with E-state index >= 15 is 0 Å². The van der Waals surface area contributed by atoms with E-state index in [0.29, 0.717) is 40.2 Å². The van der Waals surface area contributed by atoms with Gasteiger partial charge in [-0.3, -0.25) is 14.4 Å². The maximum atomic E-state index is 13.6. The minimum Gasteiger partial charge on any atom is -0.508 e. The summed E-state index contributed by atoms with van der Waals surface area (Å²) in [6.45, 7) is 3.91. The second-order valence-corrected chi connectivity index (χ2v) is 11.4. The van der Waals surface area contributed by atoms with E-state index in [1.165, 1.54) is 37.1 Å². The van der Waals surface area contributed by atoms with Crippen molar-refractivity contribution in [3.05, 3.63) is 119 Å². The maximum absolute atomic E-state index is 13.6. The fraction of sp³-hybridized carbons (Fsp3) is 0.167. The Labute approximate surface area is 277 Å². The SMILES string of the molecule is CCOC(=O)c1ccc(NC(=O)C(CC)Sc2cccc(NC(=O)/C(=C\c3ccc(O)cc3OC)NC(=O)c3ccccc3)c2)cc1. The van der Waals surface area contributed by atoms with Crippen molar-refractivity contribution in [2.45, 2.75) is 30.4 Å². The molecule has 0 heterocycles. The molecule has 1 unspecified atom stereocenters. The molecule has 0 aliphatic heterocycles. The third kappa shape index (κ3) is 9.72. The summed E-state index contributed by atoms with van der Waals surface area (Å²) in [6, 6.07) is 26.4. The molecule has 0 aliphatic rings. The number of rotatable bonds is 13. The van der Waals surface area contributed by atoms with E-state index in [-0.39, 0.29) is 24.0 Å². The molecule has 0 saturated heterocycles. The van der Waals surface area contributed by atoms with Crippen LogP contribution in [0.1, 0.15) is 46.5 Å². The quantitative estimate of drug-likeness (QED) is 0.0728. The summed E-state index contributed by atoms with van der Waals surface area (Å²) in [5, 5.41) is 17.8. The van der Waals surface area contributed by atoms with Gasteiger partial charge in [0.2, 0.25) is 5.91 Å². The van der Waals surface area contributed by atoms with Crippen LogP contribution in [0.4, 0.5) is 11.4 Å². The molecule has 3 amide bonds. The number of amides is 3. The van der Waals surface area contributed by atoms with Gasteiger partial charge in [-0.15, -0.1) is 11.8 Å². The largest absolute Gasteiger partial charge is 0.508 e. The van der Waals surface area contributed by atoms with Crippen LogP contribution in [-0.4, -0.2) is 47.8 Å².